The molecule has 1 saturated heterocycles. The highest BCUT2D eigenvalue weighted by Crippen LogP contribution is 2.28. The lowest BCUT2D eigenvalue weighted by molar-refractivity contribution is 0.0215. The first-order valence-electron chi connectivity index (χ1n) is 9.48. The van der Waals surface area contributed by atoms with Crippen molar-refractivity contribution in [3.05, 3.63) is 77.6 Å². The van der Waals surface area contributed by atoms with Crippen LogP contribution in [0.2, 0.25) is 0 Å². The van der Waals surface area contributed by atoms with E-state index in [2.05, 4.69) is 44.9 Å². The molecule has 0 N–H and O–H groups in total. The lowest BCUT2D eigenvalue weighted by Crippen LogP contribution is -2.40. The van der Waals surface area contributed by atoms with Crippen molar-refractivity contribution in [3.8, 4) is 0 Å². The number of ether oxygens (including phenoxy) is 1. The van der Waals surface area contributed by atoms with E-state index < -0.39 is 0 Å². The lowest BCUT2D eigenvalue weighted by atomic mass is 10.1. The Morgan fingerprint density at radius 1 is 1.07 bits per heavy atom. The Hall–Kier alpha value is -2.57. The first-order chi connectivity index (χ1) is 13.3. The van der Waals surface area contributed by atoms with Gasteiger partial charge in [0.25, 0.3) is 0 Å². The highest BCUT2D eigenvalue weighted by atomic mass is 16.5. The number of aromatic nitrogens is 4. The minimum Gasteiger partial charge on any atom is -0.379 e. The molecule has 0 radical (unpaired) electrons. The fourth-order valence-electron chi connectivity index (χ4n) is 3.61. The van der Waals surface area contributed by atoms with Crippen LogP contribution in [0.3, 0.4) is 0 Å². The Kier molecular flexibility index (Phi) is 5.55. The zero-order valence-electron chi connectivity index (χ0n) is 15.7. The van der Waals surface area contributed by atoms with E-state index in [0.717, 1.165) is 56.5 Å². The van der Waals surface area contributed by atoms with Crippen LogP contribution in [0.5, 0.6) is 0 Å². The summed E-state index contributed by atoms with van der Waals surface area (Å²) in [5, 5.41) is 4.69. The molecule has 1 aliphatic rings. The SMILES string of the molecule is Cc1nc([C@H](c2cccnc2)N2CCOCC2)n(CCc2ccccc2)n1. The molecule has 3 aromatic rings. The van der Waals surface area contributed by atoms with Gasteiger partial charge in [0.15, 0.2) is 0 Å². The van der Waals surface area contributed by atoms with E-state index in [-0.39, 0.29) is 6.04 Å². The molecule has 1 aromatic carbocycles. The fraction of sp³-hybridized carbons (Fsp3) is 0.381. The maximum absolute atomic E-state index is 5.56. The first-order valence-corrected chi connectivity index (χ1v) is 9.48. The van der Waals surface area contributed by atoms with E-state index in [1.54, 1.807) is 0 Å². The number of morpholine rings is 1. The highest BCUT2D eigenvalue weighted by Gasteiger charge is 2.29. The smallest absolute Gasteiger partial charge is 0.149 e. The summed E-state index contributed by atoms with van der Waals surface area (Å²) in [5.41, 5.74) is 2.45. The quantitative estimate of drug-likeness (QED) is 0.674. The summed E-state index contributed by atoms with van der Waals surface area (Å²) in [6.07, 6.45) is 4.68. The van der Waals surface area contributed by atoms with Crippen molar-refractivity contribution in [1.29, 1.82) is 0 Å². The Morgan fingerprint density at radius 3 is 2.63 bits per heavy atom. The average Bonchev–Trinajstić information content (AvgIpc) is 3.09. The monoisotopic (exact) mass is 363 g/mol. The molecule has 1 atom stereocenters. The molecule has 6 nitrogen and oxygen atoms in total. The molecule has 2 aromatic heterocycles. The van der Waals surface area contributed by atoms with Crippen molar-refractivity contribution in [2.45, 2.75) is 25.9 Å². The van der Waals surface area contributed by atoms with Crippen molar-refractivity contribution < 1.29 is 4.74 Å². The Balaban J connectivity index is 1.65. The number of pyridine rings is 1. The van der Waals surface area contributed by atoms with Crippen molar-refractivity contribution in [3.63, 3.8) is 0 Å². The third-order valence-electron chi connectivity index (χ3n) is 4.92. The lowest BCUT2D eigenvalue weighted by Gasteiger charge is -2.34. The summed E-state index contributed by atoms with van der Waals surface area (Å²) in [6, 6.07) is 14.7. The molecule has 0 saturated carbocycles. The standard InChI is InChI=1S/C21H25N5O/c1-17-23-21(26(24-17)11-9-18-6-3-2-4-7-18)20(19-8-5-10-22-16-19)25-12-14-27-15-13-25/h2-8,10,16,20H,9,11-15H2,1H3/t20-/m0/s1. The molecule has 1 fully saturated rings. The third kappa shape index (κ3) is 4.23. The van der Waals surface area contributed by atoms with E-state index in [4.69, 9.17) is 14.8 Å². The second-order valence-corrected chi connectivity index (χ2v) is 6.81. The molecular formula is C21H25N5O. The van der Waals surface area contributed by atoms with Crippen LogP contribution >= 0.6 is 0 Å². The van der Waals surface area contributed by atoms with Crippen LogP contribution in [-0.4, -0.2) is 51.0 Å². The van der Waals surface area contributed by atoms with Gasteiger partial charge in [0.2, 0.25) is 0 Å². The van der Waals surface area contributed by atoms with Crippen LogP contribution in [0.4, 0.5) is 0 Å². The Labute approximate surface area is 159 Å². The van der Waals surface area contributed by atoms with Gasteiger partial charge in [-0.2, -0.15) is 5.10 Å². The van der Waals surface area contributed by atoms with Crippen LogP contribution < -0.4 is 0 Å². The molecule has 6 heteroatoms. The number of aryl methyl sites for hydroxylation is 3. The second kappa shape index (κ2) is 8.41. The van der Waals surface area contributed by atoms with Crippen LogP contribution in [-0.2, 0) is 17.7 Å². The summed E-state index contributed by atoms with van der Waals surface area (Å²) in [4.78, 5) is 11.6. The molecule has 4 rings (SSSR count). The molecule has 0 aliphatic carbocycles. The predicted molar refractivity (Wildman–Crippen MR) is 103 cm³/mol. The van der Waals surface area contributed by atoms with E-state index in [9.17, 15) is 0 Å². The molecule has 0 amide bonds. The van der Waals surface area contributed by atoms with Gasteiger partial charge in [0, 0.05) is 32.0 Å². The van der Waals surface area contributed by atoms with Gasteiger partial charge < -0.3 is 4.74 Å². The minimum absolute atomic E-state index is 0.0413. The molecule has 1 aliphatic heterocycles. The molecule has 0 unspecified atom stereocenters. The average molecular weight is 363 g/mol. The second-order valence-electron chi connectivity index (χ2n) is 6.81. The Morgan fingerprint density at radius 2 is 1.89 bits per heavy atom. The maximum atomic E-state index is 5.56. The van der Waals surface area contributed by atoms with Crippen LogP contribution in [0, 0.1) is 6.92 Å². The molecular weight excluding hydrogens is 338 g/mol. The van der Waals surface area contributed by atoms with Crippen LogP contribution in [0.25, 0.3) is 0 Å². The van der Waals surface area contributed by atoms with Crippen LogP contribution in [0.1, 0.15) is 28.8 Å². The first kappa shape index (κ1) is 17.8. The summed E-state index contributed by atoms with van der Waals surface area (Å²) >= 11 is 0. The fourth-order valence-corrected chi connectivity index (χ4v) is 3.61. The summed E-state index contributed by atoms with van der Waals surface area (Å²) < 4.78 is 7.63. The Bertz CT molecular complexity index is 844. The molecule has 0 bridgehead atoms. The summed E-state index contributed by atoms with van der Waals surface area (Å²) in [6.45, 7) is 6.01. The number of hydrogen-bond donors (Lipinski definition) is 0. The van der Waals surface area contributed by atoms with E-state index in [0.29, 0.717) is 0 Å². The largest absolute Gasteiger partial charge is 0.379 e. The van der Waals surface area contributed by atoms with E-state index in [1.807, 2.05) is 31.5 Å². The van der Waals surface area contributed by atoms with Crippen molar-refractivity contribution in [1.82, 2.24) is 24.6 Å². The minimum atomic E-state index is 0.0413. The number of nitrogens with zero attached hydrogens (tertiary/aromatic N) is 5. The maximum Gasteiger partial charge on any atom is 0.149 e. The van der Waals surface area contributed by atoms with E-state index >= 15 is 0 Å². The summed E-state index contributed by atoms with van der Waals surface area (Å²) in [5.74, 6) is 1.79. The van der Waals surface area contributed by atoms with Crippen molar-refractivity contribution in [2.24, 2.45) is 0 Å². The van der Waals surface area contributed by atoms with Gasteiger partial charge in [-0.25, -0.2) is 9.67 Å². The molecule has 3 heterocycles. The van der Waals surface area contributed by atoms with Gasteiger partial charge >= 0.3 is 0 Å². The van der Waals surface area contributed by atoms with Crippen molar-refractivity contribution in [2.75, 3.05) is 26.3 Å². The number of benzene rings is 1. The van der Waals surface area contributed by atoms with Gasteiger partial charge in [0.1, 0.15) is 11.6 Å². The topological polar surface area (TPSA) is 56.1 Å². The van der Waals surface area contributed by atoms with Gasteiger partial charge in [-0.15, -0.1) is 0 Å². The van der Waals surface area contributed by atoms with E-state index in [1.165, 1.54) is 5.56 Å². The normalized spacial score (nSPS) is 16.3. The molecule has 140 valence electrons. The van der Waals surface area contributed by atoms with Gasteiger partial charge in [-0.05, 0) is 30.5 Å². The van der Waals surface area contributed by atoms with Gasteiger partial charge in [-0.3, -0.25) is 9.88 Å². The molecule has 27 heavy (non-hydrogen) atoms. The van der Waals surface area contributed by atoms with Crippen molar-refractivity contribution >= 4 is 0 Å². The third-order valence-corrected chi connectivity index (χ3v) is 4.92. The zero-order chi connectivity index (χ0) is 18.5. The molecule has 0 spiro atoms. The van der Waals surface area contributed by atoms with Crippen LogP contribution in [0.15, 0.2) is 54.9 Å². The highest BCUT2D eigenvalue weighted by molar-refractivity contribution is 5.23. The zero-order valence-corrected chi connectivity index (χ0v) is 15.7. The predicted octanol–water partition coefficient (Wildman–Crippen LogP) is 2.65. The van der Waals surface area contributed by atoms with Gasteiger partial charge in [0.05, 0.1) is 19.3 Å². The number of hydrogen-bond acceptors (Lipinski definition) is 5. The number of rotatable bonds is 6. The summed E-state index contributed by atoms with van der Waals surface area (Å²) in [7, 11) is 0. The van der Waals surface area contributed by atoms with Gasteiger partial charge in [-0.1, -0.05) is 36.4 Å².